The second-order valence-corrected chi connectivity index (χ2v) is 5.45. The van der Waals surface area contributed by atoms with Gasteiger partial charge in [0, 0.05) is 25.2 Å². The lowest BCUT2D eigenvalue weighted by molar-refractivity contribution is -0.134. The van der Waals surface area contributed by atoms with Gasteiger partial charge in [-0.1, -0.05) is 19.3 Å². The molecule has 0 atom stereocenters. The van der Waals surface area contributed by atoms with Crippen LogP contribution < -0.4 is 4.90 Å². The molecule has 1 aromatic rings. The molecule has 0 radical (unpaired) electrons. The van der Waals surface area contributed by atoms with Gasteiger partial charge >= 0.3 is 0 Å². The summed E-state index contributed by atoms with van der Waals surface area (Å²) < 4.78 is 0. The maximum Gasteiger partial charge on any atom is 0.236 e. The first-order valence-electron chi connectivity index (χ1n) is 6.55. The van der Waals surface area contributed by atoms with Crippen molar-refractivity contribution in [2.45, 2.75) is 44.9 Å². The number of rotatable bonds is 1. The zero-order chi connectivity index (χ0) is 12.6. The van der Waals surface area contributed by atoms with Gasteiger partial charge in [0.25, 0.3) is 0 Å². The Bertz CT molecular complexity index is 441. The number of anilines is 1. The van der Waals surface area contributed by atoms with Crippen molar-refractivity contribution in [3.63, 3.8) is 0 Å². The smallest absolute Gasteiger partial charge is 0.236 e. The molecule has 0 aromatic carbocycles. The molecule has 2 amide bonds. The predicted molar refractivity (Wildman–Crippen MR) is 65.8 cm³/mol. The van der Waals surface area contributed by atoms with E-state index < -0.39 is 0 Å². The van der Waals surface area contributed by atoms with E-state index >= 15 is 0 Å². The van der Waals surface area contributed by atoms with Crippen LogP contribution in [0.4, 0.5) is 5.95 Å². The number of imide groups is 1. The normalized spacial score (nSPS) is 23.7. The Balaban J connectivity index is 1.83. The summed E-state index contributed by atoms with van der Waals surface area (Å²) in [6, 6.07) is 0. The summed E-state index contributed by atoms with van der Waals surface area (Å²) in [6.45, 7) is 0. The predicted octanol–water partition coefficient (Wildman–Crippen LogP) is 2.01. The Kier molecular flexibility index (Phi) is 2.69. The van der Waals surface area contributed by atoms with Crippen LogP contribution in [0.15, 0.2) is 12.4 Å². The molecule has 2 fully saturated rings. The summed E-state index contributed by atoms with van der Waals surface area (Å²) in [5.41, 5.74) is -0.0600. The number of imidazole rings is 1. The number of H-pyrrole nitrogens is 1. The van der Waals surface area contributed by atoms with Crippen LogP contribution in [-0.2, 0) is 9.59 Å². The van der Waals surface area contributed by atoms with Gasteiger partial charge in [0.1, 0.15) is 0 Å². The summed E-state index contributed by atoms with van der Waals surface area (Å²) >= 11 is 0. The lowest BCUT2D eigenvalue weighted by atomic mass is 9.67. The maximum atomic E-state index is 12.2. The first-order chi connectivity index (χ1) is 8.70. The number of carbonyl (C=O) groups excluding carboxylic acids is 2. The third kappa shape index (κ3) is 1.83. The van der Waals surface area contributed by atoms with E-state index in [1.165, 1.54) is 11.3 Å². The van der Waals surface area contributed by atoms with Crippen LogP contribution in [0.3, 0.4) is 0 Å². The average molecular weight is 247 g/mol. The molecule has 96 valence electrons. The van der Waals surface area contributed by atoms with Crippen LogP contribution in [0, 0.1) is 5.41 Å². The van der Waals surface area contributed by atoms with E-state index in [9.17, 15) is 9.59 Å². The van der Waals surface area contributed by atoms with Gasteiger partial charge in [-0.25, -0.2) is 9.88 Å². The summed E-state index contributed by atoms with van der Waals surface area (Å²) in [6.07, 6.45) is 9.68. The fraction of sp³-hybridized carbons (Fsp3) is 0.615. The van der Waals surface area contributed by atoms with Gasteiger partial charge in [-0.2, -0.15) is 0 Å². The second kappa shape index (κ2) is 4.23. The summed E-state index contributed by atoms with van der Waals surface area (Å²) in [7, 11) is 0. The highest BCUT2D eigenvalue weighted by Gasteiger charge is 2.45. The highest BCUT2D eigenvalue weighted by Crippen LogP contribution is 2.45. The van der Waals surface area contributed by atoms with Crippen molar-refractivity contribution in [1.29, 1.82) is 0 Å². The standard InChI is InChI=1S/C13H17N3O2/c17-10-8-13(4-2-1-3-5-13)9-11(18)16(10)12-14-6-7-15-12/h6-7H,1-5,8-9H2,(H,14,15). The van der Waals surface area contributed by atoms with Gasteiger partial charge in [-0.15, -0.1) is 0 Å². The maximum absolute atomic E-state index is 12.2. The zero-order valence-electron chi connectivity index (χ0n) is 10.3. The number of nitrogens with zero attached hydrogens (tertiary/aromatic N) is 2. The third-order valence-electron chi connectivity index (χ3n) is 4.16. The minimum Gasteiger partial charge on any atom is -0.330 e. The van der Waals surface area contributed by atoms with E-state index in [0.717, 1.165) is 25.7 Å². The van der Waals surface area contributed by atoms with Gasteiger partial charge in [0.2, 0.25) is 17.8 Å². The van der Waals surface area contributed by atoms with Gasteiger partial charge < -0.3 is 4.98 Å². The number of piperidine rings is 1. The van der Waals surface area contributed by atoms with Gasteiger partial charge in [-0.3, -0.25) is 9.59 Å². The Hall–Kier alpha value is -1.65. The quantitative estimate of drug-likeness (QED) is 0.772. The fourth-order valence-electron chi connectivity index (χ4n) is 3.27. The lowest BCUT2D eigenvalue weighted by Crippen LogP contribution is -2.49. The van der Waals surface area contributed by atoms with Crippen molar-refractivity contribution in [3.05, 3.63) is 12.4 Å². The number of amides is 2. The van der Waals surface area contributed by atoms with E-state index in [4.69, 9.17) is 0 Å². The molecule has 1 spiro atoms. The van der Waals surface area contributed by atoms with E-state index in [1.807, 2.05) is 0 Å². The van der Waals surface area contributed by atoms with E-state index in [-0.39, 0.29) is 17.2 Å². The van der Waals surface area contributed by atoms with Crippen LogP contribution in [0.5, 0.6) is 0 Å². The van der Waals surface area contributed by atoms with Gasteiger partial charge in [0.15, 0.2) is 0 Å². The highest BCUT2D eigenvalue weighted by molar-refractivity contribution is 6.15. The highest BCUT2D eigenvalue weighted by atomic mass is 16.2. The summed E-state index contributed by atoms with van der Waals surface area (Å²) in [5, 5.41) is 0. The Morgan fingerprint density at radius 2 is 1.78 bits per heavy atom. The largest absolute Gasteiger partial charge is 0.330 e. The number of hydrogen-bond donors (Lipinski definition) is 1. The summed E-state index contributed by atoms with van der Waals surface area (Å²) in [4.78, 5) is 32.5. The zero-order valence-corrected chi connectivity index (χ0v) is 10.3. The molecule has 1 aliphatic heterocycles. The van der Waals surface area contributed by atoms with Crippen molar-refractivity contribution >= 4 is 17.8 Å². The average Bonchev–Trinajstić information content (AvgIpc) is 2.82. The van der Waals surface area contributed by atoms with Crippen LogP contribution in [0.2, 0.25) is 0 Å². The number of hydrogen-bond acceptors (Lipinski definition) is 3. The third-order valence-corrected chi connectivity index (χ3v) is 4.16. The molecule has 0 bridgehead atoms. The lowest BCUT2D eigenvalue weighted by Gasteiger charge is -2.41. The van der Waals surface area contributed by atoms with Crippen molar-refractivity contribution < 1.29 is 9.59 Å². The van der Waals surface area contributed by atoms with Gasteiger partial charge in [0.05, 0.1) is 0 Å². The molecule has 5 nitrogen and oxygen atoms in total. The van der Waals surface area contributed by atoms with Gasteiger partial charge in [-0.05, 0) is 18.3 Å². The first kappa shape index (κ1) is 11.4. The number of aromatic amines is 1. The molecule has 5 heteroatoms. The van der Waals surface area contributed by atoms with Crippen LogP contribution in [0.1, 0.15) is 44.9 Å². The molecule has 18 heavy (non-hydrogen) atoms. The fourth-order valence-corrected chi connectivity index (χ4v) is 3.27. The monoisotopic (exact) mass is 247 g/mol. The molecule has 1 N–H and O–H groups in total. The van der Waals surface area contributed by atoms with Crippen LogP contribution in [0.25, 0.3) is 0 Å². The molecule has 2 heterocycles. The number of carbonyl (C=O) groups is 2. The number of aromatic nitrogens is 2. The van der Waals surface area contributed by atoms with Crippen LogP contribution >= 0.6 is 0 Å². The topological polar surface area (TPSA) is 66.1 Å². The SMILES string of the molecule is O=C1CC2(CCCCC2)CC(=O)N1c1ncc[nH]1. The molecule has 0 unspecified atom stereocenters. The Morgan fingerprint density at radius 3 is 2.33 bits per heavy atom. The molecule has 1 saturated carbocycles. The molecule has 1 saturated heterocycles. The Morgan fingerprint density at radius 1 is 1.11 bits per heavy atom. The van der Waals surface area contributed by atoms with Crippen LogP contribution in [-0.4, -0.2) is 21.8 Å². The molecule has 2 aliphatic rings. The molecule has 1 aromatic heterocycles. The van der Waals surface area contributed by atoms with Crippen molar-refractivity contribution in [3.8, 4) is 0 Å². The minimum absolute atomic E-state index is 0.0600. The molecular weight excluding hydrogens is 230 g/mol. The number of nitrogens with one attached hydrogen (secondary N) is 1. The Labute approximate surface area is 106 Å². The minimum atomic E-state index is -0.108. The van der Waals surface area contributed by atoms with E-state index in [2.05, 4.69) is 9.97 Å². The van der Waals surface area contributed by atoms with Crippen molar-refractivity contribution in [2.24, 2.45) is 5.41 Å². The molecular formula is C13H17N3O2. The summed E-state index contributed by atoms with van der Waals surface area (Å²) in [5.74, 6) is 0.141. The first-order valence-corrected chi connectivity index (χ1v) is 6.55. The van der Waals surface area contributed by atoms with Crippen molar-refractivity contribution in [1.82, 2.24) is 9.97 Å². The second-order valence-electron chi connectivity index (χ2n) is 5.45. The molecule has 1 aliphatic carbocycles. The van der Waals surface area contributed by atoms with E-state index in [1.54, 1.807) is 12.4 Å². The molecule has 3 rings (SSSR count). The van der Waals surface area contributed by atoms with Crippen molar-refractivity contribution in [2.75, 3.05) is 4.90 Å². The van der Waals surface area contributed by atoms with E-state index in [0.29, 0.717) is 18.8 Å².